The minimum absolute atomic E-state index is 0.613. The van der Waals surface area contributed by atoms with E-state index in [1.165, 1.54) is 44.1 Å². The van der Waals surface area contributed by atoms with E-state index in [4.69, 9.17) is 12.6 Å². The molecule has 0 saturated heterocycles. The Kier molecular flexibility index (Phi) is 5.08. The molecule has 0 N–H and O–H groups in total. The molecule has 82 valence electrons. The highest BCUT2D eigenvalue weighted by molar-refractivity contribution is 7.81. The van der Waals surface area contributed by atoms with Gasteiger partial charge in [0.25, 0.3) is 0 Å². The van der Waals surface area contributed by atoms with Crippen molar-refractivity contribution in [3.05, 3.63) is 11.1 Å². The lowest BCUT2D eigenvalue weighted by atomic mass is 9.87. The van der Waals surface area contributed by atoms with Gasteiger partial charge in [-0.05, 0) is 39.0 Å². The zero-order valence-corrected chi connectivity index (χ0v) is 10.7. The minimum atomic E-state index is 0.613. The first kappa shape index (κ1) is 12.2. The summed E-state index contributed by atoms with van der Waals surface area (Å²) in [5, 5.41) is 0.613. The van der Waals surface area contributed by atoms with E-state index < -0.39 is 0 Å². The minimum Gasteiger partial charge on any atom is -0.175 e. The lowest BCUT2D eigenvalue weighted by Gasteiger charge is -2.24. The molecule has 0 spiro atoms. The standard InChI is InChI=1S/C13H24S/c1-4-11(10(2)3)12-8-6-5-7-9-13(12)14/h12-14H,4-9H2,1-3H3. The summed E-state index contributed by atoms with van der Waals surface area (Å²) in [5.41, 5.74) is 3.20. The molecule has 0 nitrogen and oxygen atoms in total. The molecule has 14 heavy (non-hydrogen) atoms. The number of rotatable bonds is 2. The van der Waals surface area contributed by atoms with Crippen molar-refractivity contribution in [2.24, 2.45) is 5.92 Å². The highest BCUT2D eigenvalue weighted by Gasteiger charge is 2.23. The van der Waals surface area contributed by atoms with Crippen molar-refractivity contribution >= 4 is 12.6 Å². The fourth-order valence-electron chi connectivity index (χ4n) is 2.68. The second kappa shape index (κ2) is 5.85. The molecule has 2 atom stereocenters. The summed E-state index contributed by atoms with van der Waals surface area (Å²) >= 11 is 4.78. The predicted molar refractivity (Wildman–Crippen MR) is 68.0 cm³/mol. The van der Waals surface area contributed by atoms with Gasteiger partial charge in [0.1, 0.15) is 0 Å². The van der Waals surface area contributed by atoms with Crippen molar-refractivity contribution in [3.8, 4) is 0 Å². The Morgan fingerprint density at radius 3 is 2.36 bits per heavy atom. The molecule has 0 bridgehead atoms. The molecule has 1 fully saturated rings. The average Bonchev–Trinajstić information content (AvgIpc) is 2.33. The third kappa shape index (κ3) is 3.05. The maximum Gasteiger partial charge on any atom is 0.00823 e. The SMILES string of the molecule is CCC(=C(C)C)C1CCCCCC1S. The lowest BCUT2D eigenvalue weighted by Crippen LogP contribution is -2.16. The van der Waals surface area contributed by atoms with Gasteiger partial charge in [-0.25, -0.2) is 0 Å². The van der Waals surface area contributed by atoms with E-state index in [0.29, 0.717) is 5.25 Å². The molecule has 0 aromatic rings. The zero-order valence-electron chi connectivity index (χ0n) is 9.84. The van der Waals surface area contributed by atoms with Crippen molar-refractivity contribution in [1.29, 1.82) is 0 Å². The van der Waals surface area contributed by atoms with Crippen LogP contribution in [0.25, 0.3) is 0 Å². The van der Waals surface area contributed by atoms with Crippen LogP contribution in [0.5, 0.6) is 0 Å². The van der Waals surface area contributed by atoms with Crippen LogP contribution >= 0.6 is 12.6 Å². The summed E-state index contributed by atoms with van der Waals surface area (Å²) in [6, 6.07) is 0. The molecule has 2 unspecified atom stereocenters. The Bertz CT molecular complexity index is 201. The maximum atomic E-state index is 4.78. The normalized spacial score (nSPS) is 28.3. The Balaban J connectivity index is 2.76. The molecule has 1 aliphatic carbocycles. The van der Waals surface area contributed by atoms with Crippen LogP contribution in [0.3, 0.4) is 0 Å². The van der Waals surface area contributed by atoms with Crippen molar-refractivity contribution in [2.75, 3.05) is 0 Å². The van der Waals surface area contributed by atoms with Crippen LogP contribution in [0.2, 0.25) is 0 Å². The van der Waals surface area contributed by atoms with Crippen LogP contribution in [0.15, 0.2) is 11.1 Å². The molecule has 1 rings (SSSR count). The van der Waals surface area contributed by atoms with Crippen LogP contribution in [0.4, 0.5) is 0 Å². The summed E-state index contributed by atoms with van der Waals surface area (Å²) in [6.07, 6.45) is 8.08. The Hall–Kier alpha value is 0.0900. The maximum absolute atomic E-state index is 4.78. The number of thiol groups is 1. The second-order valence-electron chi connectivity index (χ2n) is 4.69. The van der Waals surface area contributed by atoms with Gasteiger partial charge in [-0.1, -0.05) is 37.3 Å². The van der Waals surface area contributed by atoms with Gasteiger partial charge < -0.3 is 0 Å². The number of allylic oxidation sites excluding steroid dienone is 2. The van der Waals surface area contributed by atoms with Crippen LogP contribution in [0, 0.1) is 5.92 Å². The summed E-state index contributed by atoms with van der Waals surface area (Å²) < 4.78 is 0. The first-order valence-corrected chi connectivity index (χ1v) is 6.52. The van der Waals surface area contributed by atoms with E-state index in [1.54, 1.807) is 5.57 Å². The summed E-state index contributed by atoms with van der Waals surface area (Å²) in [5.74, 6) is 0.760. The van der Waals surface area contributed by atoms with Crippen LogP contribution in [-0.2, 0) is 0 Å². The Labute approximate surface area is 94.6 Å². The zero-order chi connectivity index (χ0) is 10.6. The van der Waals surface area contributed by atoms with E-state index >= 15 is 0 Å². The summed E-state index contributed by atoms with van der Waals surface area (Å²) in [7, 11) is 0. The van der Waals surface area contributed by atoms with Crippen LogP contribution in [-0.4, -0.2) is 5.25 Å². The van der Waals surface area contributed by atoms with Gasteiger partial charge >= 0.3 is 0 Å². The molecule has 0 aromatic heterocycles. The van der Waals surface area contributed by atoms with Gasteiger partial charge in [-0.3, -0.25) is 0 Å². The van der Waals surface area contributed by atoms with Crippen molar-refractivity contribution < 1.29 is 0 Å². The third-order valence-corrected chi connectivity index (χ3v) is 4.07. The Morgan fingerprint density at radius 1 is 1.14 bits per heavy atom. The molecule has 1 saturated carbocycles. The van der Waals surface area contributed by atoms with Gasteiger partial charge in [-0.2, -0.15) is 12.6 Å². The van der Waals surface area contributed by atoms with Gasteiger partial charge in [0.15, 0.2) is 0 Å². The molecule has 1 heteroatoms. The first-order valence-electron chi connectivity index (χ1n) is 6.01. The highest BCUT2D eigenvalue weighted by atomic mass is 32.1. The lowest BCUT2D eigenvalue weighted by molar-refractivity contribution is 0.527. The van der Waals surface area contributed by atoms with Gasteiger partial charge in [0, 0.05) is 5.25 Å². The molecule has 0 aliphatic heterocycles. The molecule has 0 radical (unpaired) electrons. The van der Waals surface area contributed by atoms with Crippen molar-refractivity contribution in [3.63, 3.8) is 0 Å². The third-order valence-electron chi connectivity index (χ3n) is 3.45. The van der Waals surface area contributed by atoms with Gasteiger partial charge in [-0.15, -0.1) is 0 Å². The monoisotopic (exact) mass is 212 g/mol. The highest BCUT2D eigenvalue weighted by Crippen LogP contribution is 2.35. The largest absolute Gasteiger partial charge is 0.175 e. The first-order chi connectivity index (χ1) is 6.66. The molecular formula is C13H24S. The van der Waals surface area contributed by atoms with Crippen LogP contribution in [0.1, 0.15) is 59.3 Å². The fraction of sp³-hybridized carbons (Fsp3) is 0.846. The van der Waals surface area contributed by atoms with Gasteiger partial charge in [0.2, 0.25) is 0 Å². The van der Waals surface area contributed by atoms with Crippen molar-refractivity contribution in [2.45, 2.75) is 64.5 Å². The smallest absolute Gasteiger partial charge is 0.00823 e. The Morgan fingerprint density at radius 2 is 1.79 bits per heavy atom. The summed E-state index contributed by atoms with van der Waals surface area (Å²) in [4.78, 5) is 0. The number of hydrogen-bond donors (Lipinski definition) is 1. The second-order valence-corrected chi connectivity index (χ2v) is 5.35. The number of hydrogen-bond acceptors (Lipinski definition) is 1. The van der Waals surface area contributed by atoms with Crippen molar-refractivity contribution in [1.82, 2.24) is 0 Å². The van der Waals surface area contributed by atoms with E-state index in [1.807, 2.05) is 0 Å². The average molecular weight is 212 g/mol. The van der Waals surface area contributed by atoms with E-state index in [0.717, 1.165) is 5.92 Å². The molecule has 0 heterocycles. The van der Waals surface area contributed by atoms with Gasteiger partial charge in [0.05, 0.1) is 0 Å². The predicted octanol–water partition coefficient (Wildman–Crippen LogP) is 4.61. The molecular weight excluding hydrogens is 188 g/mol. The molecule has 0 aromatic carbocycles. The quantitative estimate of drug-likeness (QED) is 0.386. The molecule has 1 aliphatic rings. The fourth-order valence-corrected chi connectivity index (χ4v) is 3.19. The van der Waals surface area contributed by atoms with E-state index in [2.05, 4.69) is 20.8 Å². The summed E-state index contributed by atoms with van der Waals surface area (Å²) in [6.45, 7) is 6.79. The van der Waals surface area contributed by atoms with Crippen LogP contribution < -0.4 is 0 Å². The topological polar surface area (TPSA) is 0 Å². The molecule has 0 amide bonds. The van der Waals surface area contributed by atoms with E-state index in [-0.39, 0.29) is 0 Å². The van der Waals surface area contributed by atoms with E-state index in [9.17, 15) is 0 Å².